The van der Waals surface area contributed by atoms with Crippen LogP contribution in [0.3, 0.4) is 0 Å². The first-order chi connectivity index (χ1) is 8.29. The van der Waals surface area contributed by atoms with Gasteiger partial charge in [-0.2, -0.15) is 0 Å². The molecule has 0 aromatic heterocycles. The Morgan fingerprint density at radius 1 is 1.33 bits per heavy atom. The molecule has 5 heteroatoms. The normalized spacial score (nSPS) is 16.7. The SMILES string of the molecule is COc1ccc(CN2CCCNCC2)cc1O.Cl. The van der Waals surface area contributed by atoms with Gasteiger partial charge in [0, 0.05) is 19.6 Å². The zero-order chi connectivity index (χ0) is 12.1. The summed E-state index contributed by atoms with van der Waals surface area (Å²) in [6, 6.07) is 5.62. The van der Waals surface area contributed by atoms with Crippen LogP contribution < -0.4 is 10.1 Å². The number of nitrogens with zero attached hydrogens (tertiary/aromatic N) is 1. The molecule has 0 spiro atoms. The Morgan fingerprint density at radius 2 is 2.17 bits per heavy atom. The number of hydrogen-bond donors (Lipinski definition) is 2. The van der Waals surface area contributed by atoms with Crippen molar-refractivity contribution < 1.29 is 9.84 Å². The van der Waals surface area contributed by atoms with Crippen molar-refractivity contribution in [3.8, 4) is 11.5 Å². The minimum Gasteiger partial charge on any atom is -0.504 e. The first kappa shape index (κ1) is 15.1. The molecule has 0 radical (unpaired) electrons. The second kappa shape index (κ2) is 7.46. The number of methoxy groups -OCH3 is 1. The maximum Gasteiger partial charge on any atom is 0.160 e. The highest BCUT2D eigenvalue weighted by Crippen LogP contribution is 2.26. The van der Waals surface area contributed by atoms with E-state index in [1.165, 1.54) is 6.42 Å². The molecule has 0 saturated carbocycles. The lowest BCUT2D eigenvalue weighted by atomic mass is 10.2. The van der Waals surface area contributed by atoms with Gasteiger partial charge in [-0.1, -0.05) is 6.07 Å². The zero-order valence-electron chi connectivity index (χ0n) is 10.7. The molecule has 4 nitrogen and oxygen atoms in total. The van der Waals surface area contributed by atoms with Gasteiger partial charge in [-0.15, -0.1) is 12.4 Å². The monoisotopic (exact) mass is 272 g/mol. The van der Waals surface area contributed by atoms with Gasteiger partial charge in [-0.05, 0) is 37.2 Å². The van der Waals surface area contributed by atoms with Crippen molar-refractivity contribution >= 4 is 12.4 Å². The van der Waals surface area contributed by atoms with E-state index in [1.807, 2.05) is 12.1 Å². The molecule has 1 fully saturated rings. The molecule has 1 aromatic rings. The molecular formula is C13H21ClN2O2. The van der Waals surface area contributed by atoms with Crippen LogP contribution in [0.5, 0.6) is 11.5 Å². The lowest BCUT2D eigenvalue weighted by Crippen LogP contribution is -2.27. The molecule has 1 aromatic carbocycles. The van der Waals surface area contributed by atoms with Gasteiger partial charge in [0.05, 0.1) is 7.11 Å². The first-order valence-corrected chi connectivity index (χ1v) is 6.08. The molecule has 0 unspecified atom stereocenters. The largest absolute Gasteiger partial charge is 0.504 e. The summed E-state index contributed by atoms with van der Waals surface area (Å²) in [6.07, 6.45) is 1.18. The van der Waals surface area contributed by atoms with Crippen LogP contribution in [0.2, 0.25) is 0 Å². The molecule has 1 aliphatic rings. The maximum atomic E-state index is 9.72. The third-order valence-corrected chi connectivity index (χ3v) is 3.08. The minimum absolute atomic E-state index is 0. The smallest absolute Gasteiger partial charge is 0.160 e. The third kappa shape index (κ3) is 4.05. The van der Waals surface area contributed by atoms with Crippen LogP contribution in [-0.2, 0) is 6.54 Å². The van der Waals surface area contributed by atoms with E-state index in [0.717, 1.165) is 38.3 Å². The Kier molecular flexibility index (Phi) is 6.25. The second-order valence-corrected chi connectivity index (χ2v) is 4.39. The van der Waals surface area contributed by atoms with Gasteiger partial charge >= 0.3 is 0 Å². The summed E-state index contributed by atoms with van der Waals surface area (Å²) in [7, 11) is 1.56. The predicted octanol–water partition coefficient (Wildman–Crippen LogP) is 1.62. The second-order valence-electron chi connectivity index (χ2n) is 4.39. The molecule has 2 rings (SSSR count). The third-order valence-electron chi connectivity index (χ3n) is 3.08. The van der Waals surface area contributed by atoms with Crippen molar-refractivity contribution in [3.05, 3.63) is 23.8 Å². The highest BCUT2D eigenvalue weighted by molar-refractivity contribution is 5.85. The number of aromatic hydroxyl groups is 1. The van der Waals surface area contributed by atoms with Gasteiger partial charge in [0.15, 0.2) is 11.5 Å². The van der Waals surface area contributed by atoms with Gasteiger partial charge in [0.1, 0.15) is 0 Å². The first-order valence-electron chi connectivity index (χ1n) is 6.08. The Labute approximate surface area is 114 Å². The van der Waals surface area contributed by atoms with E-state index in [-0.39, 0.29) is 18.2 Å². The summed E-state index contributed by atoms with van der Waals surface area (Å²) in [6.45, 7) is 5.21. The molecule has 18 heavy (non-hydrogen) atoms. The van der Waals surface area contributed by atoms with Crippen molar-refractivity contribution in [2.75, 3.05) is 33.3 Å². The van der Waals surface area contributed by atoms with Crippen molar-refractivity contribution in [3.63, 3.8) is 0 Å². The van der Waals surface area contributed by atoms with Gasteiger partial charge in [-0.25, -0.2) is 0 Å². The summed E-state index contributed by atoms with van der Waals surface area (Å²) < 4.78 is 5.04. The van der Waals surface area contributed by atoms with Crippen LogP contribution in [0.25, 0.3) is 0 Å². The van der Waals surface area contributed by atoms with Gasteiger partial charge in [-0.3, -0.25) is 4.90 Å². The fraction of sp³-hybridized carbons (Fsp3) is 0.538. The molecule has 0 atom stereocenters. The van der Waals surface area contributed by atoms with Gasteiger partial charge < -0.3 is 15.2 Å². The molecule has 0 amide bonds. The summed E-state index contributed by atoms with van der Waals surface area (Å²) >= 11 is 0. The number of phenolic OH excluding ortho intramolecular Hbond substituents is 1. The van der Waals surface area contributed by atoms with Gasteiger partial charge in [0.25, 0.3) is 0 Å². The van der Waals surface area contributed by atoms with Crippen LogP contribution in [0, 0.1) is 0 Å². The number of hydrogen-bond acceptors (Lipinski definition) is 4. The average molecular weight is 273 g/mol. The number of benzene rings is 1. The van der Waals surface area contributed by atoms with Crippen LogP contribution in [0.15, 0.2) is 18.2 Å². The predicted molar refractivity (Wildman–Crippen MR) is 74.7 cm³/mol. The maximum absolute atomic E-state index is 9.72. The summed E-state index contributed by atoms with van der Waals surface area (Å²) in [5.74, 6) is 0.754. The molecule has 0 bridgehead atoms. The van der Waals surface area contributed by atoms with Crippen LogP contribution in [0.4, 0.5) is 0 Å². The molecule has 1 aliphatic heterocycles. The number of halogens is 1. The van der Waals surface area contributed by atoms with E-state index in [0.29, 0.717) is 5.75 Å². The lowest BCUT2D eigenvalue weighted by Gasteiger charge is -2.19. The van der Waals surface area contributed by atoms with E-state index in [4.69, 9.17) is 4.74 Å². The van der Waals surface area contributed by atoms with E-state index in [2.05, 4.69) is 10.2 Å². The van der Waals surface area contributed by atoms with Crippen molar-refractivity contribution in [1.82, 2.24) is 10.2 Å². The Hall–Kier alpha value is -0.970. The Balaban J connectivity index is 0.00000162. The molecule has 102 valence electrons. The minimum atomic E-state index is 0. The average Bonchev–Trinajstić information content (AvgIpc) is 2.58. The lowest BCUT2D eigenvalue weighted by molar-refractivity contribution is 0.283. The van der Waals surface area contributed by atoms with Crippen LogP contribution in [0.1, 0.15) is 12.0 Å². The number of ether oxygens (including phenoxy) is 1. The van der Waals surface area contributed by atoms with E-state index < -0.39 is 0 Å². The Morgan fingerprint density at radius 3 is 2.89 bits per heavy atom. The van der Waals surface area contributed by atoms with Crippen LogP contribution >= 0.6 is 12.4 Å². The summed E-state index contributed by atoms with van der Waals surface area (Å²) in [5.41, 5.74) is 1.13. The van der Waals surface area contributed by atoms with Crippen molar-refractivity contribution in [2.24, 2.45) is 0 Å². The van der Waals surface area contributed by atoms with E-state index in [9.17, 15) is 5.11 Å². The fourth-order valence-electron chi connectivity index (χ4n) is 2.15. The molecule has 1 heterocycles. The number of rotatable bonds is 3. The topological polar surface area (TPSA) is 44.7 Å². The Bertz CT molecular complexity index is 366. The summed E-state index contributed by atoms with van der Waals surface area (Å²) in [5, 5.41) is 13.1. The molecule has 1 saturated heterocycles. The highest BCUT2D eigenvalue weighted by atomic mass is 35.5. The molecule has 2 N–H and O–H groups in total. The fourth-order valence-corrected chi connectivity index (χ4v) is 2.15. The van der Waals surface area contributed by atoms with Crippen LogP contribution in [-0.4, -0.2) is 43.3 Å². The standard InChI is InChI=1S/C13H20N2O2.ClH/c1-17-13-4-3-11(9-12(13)16)10-15-7-2-5-14-6-8-15;/h3-4,9,14,16H,2,5-8,10H2,1H3;1H. The molecule has 0 aliphatic carbocycles. The zero-order valence-corrected chi connectivity index (χ0v) is 11.5. The highest BCUT2D eigenvalue weighted by Gasteiger charge is 2.10. The van der Waals surface area contributed by atoms with Crippen molar-refractivity contribution in [2.45, 2.75) is 13.0 Å². The number of phenols is 1. The van der Waals surface area contributed by atoms with E-state index in [1.54, 1.807) is 13.2 Å². The quantitative estimate of drug-likeness (QED) is 0.878. The summed E-state index contributed by atoms with van der Waals surface area (Å²) in [4.78, 5) is 2.40. The van der Waals surface area contributed by atoms with E-state index >= 15 is 0 Å². The molecular weight excluding hydrogens is 252 g/mol. The number of nitrogens with one attached hydrogen (secondary N) is 1. The van der Waals surface area contributed by atoms with Gasteiger partial charge in [0.2, 0.25) is 0 Å². The van der Waals surface area contributed by atoms with Crippen molar-refractivity contribution in [1.29, 1.82) is 0 Å².